The number of carboxylic acid groups (broad SMARTS) is 1. The van der Waals surface area contributed by atoms with Gasteiger partial charge in [-0.1, -0.05) is 43.8 Å². The highest BCUT2D eigenvalue weighted by atomic mass is 16.4. The zero-order chi connectivity index (χ0) is 10.6. The highest BCUT2D eigenvalue weighted by Crippen LogP contribution is 2.20. The van der Waals surface area contributed by atoms with E-state index in [-0.39, 0.29) is 5.92 Å². The van der Waals surface area contributed by atoms with Crippen molar-refractivity contribution in [1.82, 2.24) is 0 Å². The second-order valence-electron chi connectivity index (χ2n) is 3.41. The number of allylic oxidation sites excluding steroid dienone is 1. The molecule has 0 unspecified atom stereocenters. The minimum absolute atomic E-state index is 0.372. The van der Waals surface area contributed by atoms with Crippen molar-refractivity contribution < 1.29 is 9.90 Å². The van der Waals surface area contributed by atoms with E-state index >= 15 is 0 Å². The molecule has 0 spiro atoms. The summed E-state index contributed by atoms with van der Waals surface area (Å²) >= 11 is 0. The summed E-state index contributed by atoms with van der Waals surface area (Å²) < 4.78 is 0. The summed E-state index contributed by atoms with van der Waals surface area (Å²) in [5.41, 5.74) is 1.89. The molecule has 1 aromatic rings. The smallest absolute Gasteiger partial charge is 0.306 e. The summed E-state index contributed by atoms with van der Waals surface area (Å²) in [6.45, 7) is 5.57. The lowest BCUT2D eigenvalue weighted by Gasteiger charge is -2.08. The first-order valence-corrected chi connectivity index (χ1v) is 4.57. The molecule has 0 fully saturated rings. The average molecular weight is 190 g/mol. The summed E-state index contributed by atoms with van der Waals surface area (Å²) in [5.74, 6) is -1.15. The van der Waals surface area contributed by atoms with Crippen LogP contribution in [-0.4, -0.2) is 11.1 Å². The topological polar surface area (TPSA) is 37.3 Å². The third-order valence-corrected chi connectivity index (χ3v) is 2.16. The van der Waals surface area contributed by atoms with Gasteiger partial charge in [-0.2, -0.15) is 0 Å². The van der Waals surface area contributed by atoms with Crippen molar-refractivity contribution in [3.05, 3.63) is 42.5 Å². The Bertz CT molecular complexity index is 327. The summed E-state index contributed by atoms with van der Waals surface area (Å²) in [7, 11) is 0. The van der Waals surface area contributed by atoms with Crippen LogP contribution in [0.1, 0.15) is 18.9 Å². The van der Waals surface area contributed by atoms with Crippen molar-refractivity contribution in [3.8, 4) is 0 Å². The van der Waals surface area contributed by atoms with Crippen LogP contribution in [0.2, 0.25) is 0 Å². The maximum Gasteiger partial charge on any atom is 0.306 e. The number of aliphatic carboxylic acids is 1. The number of carboxylic acids is 1. The van der Waals surface area contributed by atoms with E-state index in [1.54, 1.807) is 6.92 Å². The van der Waals surface area contributed by atoms with Crippen LogP contribution in [0.15, 0.2) is 36.9 Å². The van der Waals surface area contributed by atoms with Crippen molar-refractivity contribution in [2.24, 2.45) is 5.92 Å². The van der Waals surface area contributed by atoms with E-state index in [1.165, 1.54) is 0 Å². The molecule has 0 bridgehead atoms. The second kappa shape index (κ2) is 4.61. The Morgan fingerprint density at radius 2 is 2.00 bits per heavy atom. The van der Waals surface area contributed by atoms with Crippen molar-refractivity contribution in [2.75, 3.05) is 0 Å². The normalized spacial score (nSPS) is 12.1. The summed E-state index contributed by atoms with van der Waals surface area (Å²) in [6, 6.07) is 9.66. The van der Waals surface area contributed by atoms with Gasteiger partial charge in [0.1, 0.15) is 0 Å². The first-order valence-electron chi connectivity index (χ1n) is 4.57. The fraction of sp³-hybridized carbons (Fsp3) is 0.250. The van der Waals surface area contributed by atoms with Crippen LogP contribution < -0.4 is 0 Å². The average Bonchev–Trinajstić information content (AvgIpc) is 2.19. The SMILES string of the molecule is C=C(C[C@@H](C)C(=O)O)c1ccccc1. The van der Waals surface area contributed by atoms with Gasteiger partial charge in [-0.15, -0.1) is 0 Å². The molecule has 1 rings (SSSR count). The fourth-order valence-electron chi connectivity index (χ4n) is 1.25. The molecule has 0 aliphatic heterocycles. The van der Waals surface area contributed by atoms with Crippen LogP contribution in [0.25, 0.3) is 5.57 Å². The molecule has 1 atom stereocenters. The highest BCUT2D eigenvalue weighted by molar-refractivity contribution is 5.74. The van der Waals surface area contributed by atoms with E-state index in [4.69, 9.17) is 5.11 Å². The lowest BCUT2D eigenvalue weighted by Crippen LogP contribution is -2.09. The first-order chi connectivity index (χ1) is 6.61. The number of benzene rings is 1. The fourth-order valence-corrected chi connectivity index (χ4v) is 1.25. The maximum atomic E-state index is 10.6. The minimum Gasteiger partial charge on any atom is -0.481 e. The van der Waals surface area contributed by atoms with E-state index in [0.717, 1.165) is 11.1 Å². The Hall–Kier alpha value is -1.57. The Morgan fingerprint density at radius 3 is 2.50 bits per heavy atom. The van der Waals surface area contributed by atoms with Crippen LogP contribution in [-0.2, 0) is 4.79 Å². The second-order valence-corrected chi connectivity index (χ2v) is 3.41. The zero-order valence-corrected chi connectivity index (χ0v) is 8.23. The molecule has 2 nitrogen and oxygen atoms in total. The van der Waals surface area contributed by atoms with Gasteiger partial charge in [0, 0.05) is 0 Å². The Morgan fingerprint density at radius 1 is 1.43 bits per heavy atom. The van der Waals surface area contributed by atoms with Gasteiger partial charge in [-0.25, -0.2) is 0 Å². The molecule has 0 heterocycles. The van der Waals surface area contributed by atoms with Crippen LogP contribution in [0, 0.1) is 5.92 Å². The standard InChI is InChI=1S/C12H14O2/c1-9(8-10(2)12(13)14)11-6-4-3-5-7-11/h3-7,10H,1,8H2,2H3,(H,13,14)/t10-/m1/s1. The third-order valence-electron chi connectivity index (χ3n) is 2.16. The molecular weight excluding hydrogens is 176 g/mol. The maximum absolute atomic E-state index is 10.6. The van der Waals surface area contributed by atoms with Gasteiger partial charge >= 0.3 is 5.97 Å². The molecule has 74 valence electrons. The predicted molar refractivity (Wildman–Crippen MR) is 56.9 cm³/mol. The van der Waals surface area contributed by atoms with Gasteiger partial charge in [0.2, 0.25) is 0 Å². The molecule has 0 aliphatic rings. The van der Waals surface area contributed by atoms with Gasteiger partial charge in [-0.05, 0) is 17.6 Å². The van der Waals surface area contributed by atoms with Gasteiger partial charge < -0.3 is 5.11 Å². The lowest BCUT2D eigenvalue weighted by molar-refractivity contribution is -0.140. The number of hydrogen-bond donors (Lipinski definition) is 1. The van der Waals surface area contributed by atoms with E-state index in [2.05, 4.69) is 6.58 Å². The molecule has 0 aliphatic carbocycles. The molecule has 0 aromatic heterocycles. The van der Waals surface area contributed by atoms with Gasteiger partial charge in [0.05, 0.1) is 5.92 Å². The van der Waals surface area contributed by atoms with Crippen LogP contribution in [0.5, 0.6) is 0 Å². The lowest BCUT2D eigenvalue weighted by atomic mass is 9.97. The minimum atomic E-state index is -0.776. The molecule has 0 saturated carbocycles. The third kappa shape index (κ3) is 2.73. The number of rotatable bonds is 4. The summed E-state index contributed by atoms with van der Waals surface area (Å²) in [6.07, 6.45) is 0.499. The van der Waals surface area contributed by atoms with Crippen molar-refractivity contribution >= 4 is 11.5 Å². The number of hydrogen-bond acceptors (Lipinski definition) is 1. The molecule has 14 heavy (non-hydrogen) atoms. The largest absolute Gasteiger partial charge is 0.481 e. The van der Waals surface area contributed by atoms with E-state index in [1.807, 2.05) is 30.3 Å². The van der Waals surface area contributed by atoms with Crippen LogP contribution in [0.3, 0.4) is 0 Å². The Labute approximate surface area is 83.9 Å². The monoisotopic (exact) mass is 190 g/mol. The Kier molecular flexibility index (Phi) is 3.46. The molecular formula is C12H14O2. The molecule has 1 N–H and O–H groups in total. The van der Waals surface area contributed by atoms with E-state index in [0.29, 0.717) is 6.42 Å². The Balaban J connectivity index is 2.64. The van der Waals surface area contributed by atoms with Gasteiger partial charge in [0.25, 0.3) is 0 Å². The van der Waals surface area contributed by atoms with Crippen LogP contribution >= 0.6 is 0 Å². The molecule has 0 radical (unpaired) electrons. The van der Waals surface area contributed by atoms with Crippen LogP contribution in [0.4, 0.5) is 0 Å². The van der Waals surface area contributed by atoms with Gasteiger partial charge in [0.15, 0.2) is 0 Å². The predicted octanol–water partition coefficient (Wildman–Crippen LogP) is 2.81. The highest BCUT2D eigenvalue weighted by Gasteiger charge is 2.12. The molecule has 2 heteroatoms. The quantitative estimate of drug-likeness (QED) is 0.792. The summed E-state index contributed by atoms with van der Waals surface area (Å²) in [4.78, 5) is 10.6. The van der Waals surface area contributed by atoms with Crippen molar-refractivity contribution in [3.63, 3.8) is 0 Å². The van der Waals surface area contributed by atoms with Crippen molar-refractivity contribution in [1.29, 1.82) is 0 Å². The molecule has 0 saturated heterocycles. The van der Waals surface area contributed by atoms with E-state index in [9.17, 15) is 4.79 Å². The molecule has 1 aromatic carbocycles. The summed E-state index contributed by atoms with van der Waals surface area (Å²) in [5, 5.41) is 8.74. The van der Waals surface area contributed by atoms with E-state index < -0.39 is 5.97 Å². The van der Waals surface area contributed by atoms with Crippen molar-refractivity contribution in [2.45, 2.75) is 13.3 Å². The van der Waals surface area contributed by atoms with Gasteiger partial charge in [-0.3, -0.25) is 4.79 Å². The number of carbonyl (C=O) groups is 1. The molecule has 0 amide bonds. The first kappa shape index (κ1) is 10.5. The zero-order valence-electron chi connectivity index (χ0n) is 8.23.